The van der Waals surface area contributed by atoms with Crippen LogP contribution in [0, 0.1) is 10.1 Å². The molecule has 0 aliphatic rings. The van der Waals surface area contributed by atoms with Crippen LogP contribution in [-0.4, -0.2) is 30.5 Å². The number of benzene rings is 1. The number of aldehydes is 1. The van der Waals surface area contributed by atoms with Gasteiger partial charge in [0.2, 0.25) is 0 Å². The van der Waals surface area contributed by atoms with Gasteiger partial charge < -0.3 is 15.8 Å². The molecule has 8 heteroatoms. The molecule has 1 amide bonds. The first-order valence-electron chi connectivity index (χ1n) is 4.94. The number of amides is 1. The van der Waals surface area contributed by atoms with Crippen LogP contribution in [0.1, 0.15) is 10.4 Å². The summed E-state index contributed by atoms with van der Waals surface area (Å²) in [5.74, 6) is 0. The number of hydrogen-bond acceptors (Lipinski definition) is 6. The van der Waals surface area contributed by atoms with Crippen LogP contribution in [0.5, 0.6) is 0 Å². The van der Waals surface area contributed by atoms with E-state index in [0.717, 1.165) is 6.07 Å². The molecule has 0 bridgehead atoms. The number of nitrogens with zero attached hydrogens (tertiary/aromatic N) is 1. The number of rotatable bonds is 6. The van der Waals surface area contributed by atoms with Crippen molar-refractivity contribution in [2.75, 3.05) is 18.5 Å². The number of primary amides is 1. The first-order chi connectivity index (χ1) is 8.54. The monoisotopic (exact) mass is 253 g/mol. The Hall–Kier alpha value is -2.64. The van der Waals surface area contributed by atoms with Gasteiger partial charge in [-0.2, -0.15) is 0 Å². The van der Waals surface area contributed by atoms with Gasteiger partial charge in [0.15, 0.2) is 0 Å². The molecule has 0 aromatic heterocycles. The zero-order valence-corrected chi connectivity index (χ0v) is 9.29. The summed E-state index contributed by atoms with van der Waals surface area (Å²) >= 11 is 0. The van der Waals surface area contributed by atoms with Crippen molar-refractivity contribution < 1.29 is 19.2 Å². The highest BCUT2D eigenvalue weighted by Crippen LogP contribution is 2.24. The van der Waals surface area contributed by atoms with Gasteiger partial charge in [-0.3, -0.25) is 14.9 Å². The summed E-state index contributed by atoms with van der Waals surface area (Å²) in [6.07, 6.45) is -0.393. The van der Waals surface area contributed by atoms with Gasteiger partial charge >= 0.3 is 6.09 Å². The molecule has 0 heterocycles. The molecule has 0 fully saturated rings. The van der Waals surface area contributed by atoms with E-state index < -0.39 is 11.0 Å². The van der Waals surface area contributed by atoms with E-state index in [9.17, 15) is 19.7 Å². The summed E-state index contributed by atoms with van der Waals surface area (Å²) < 4.78 is 4.46. The smallest absolute Gasteiger partial charge is 0.404 e. The predicted molar refractivity (Wildman–Crippen MR) is 62.5 cm³/mol. The van der Waals surface area contributed by atoms with Crippen molar-refractivity contribution in [3.63, 3.8) is 0 Å². The third kappa shape index (κ3) is 3.74. The van der Waals surface area contributed by atoms with Crippen molar-refractivity contribution >= 4 is 23.8 Å². The SMILES string of the molecule is NC(=O)OCCNc1ccc(C=O)cc1[N+](=O)[O-]. The fourth-order valence-electron chi connectivity index (χ4n) is 1.26. The predicted octanol–water partition coefficient (Wildman–Crippen LogP) is 0.914. The van der Waals surface area contributed by atoms with Crippen molar-refractivity contribution in [3.8, 4) is 0 Å². The minimum Gasteiger partial charge on any atom is -0.448 e. The Kier molecular flexibility index (Phi) is 4.61. The first-order valence-corrected chi connectivity index (χ1v) is 4.94. The Morgan fingerprint density at radius 2 is 2.28 bits per heavy atom. The molecule has 0 spiro atoms. The van der Waals surface area contributed by atoms with Crippen LogP contribution in [-0.2, 0) is 4.74 Å². The lowest BCUT2D eigenvalue weighted by atomic mass is 10.2. The van der Waals surface area contributed by atoms with Crippen molar-refractivity contribution in [3.05, 3.63) is 33.9 Å². The average molecular weight is 253 g/mol. The number of carbonyl (C=O) groups excluding carboxylic acids is 2. The molecular formula is C10H11N3O5. The summed E-state index contributed by atoms with van der Waals surface area (Å²) in [6, 6.07) is 4.01. The third-order valence-corrected chi connectivity index (χ3v) is 2.02. The molecule has 0 aliphatic heterocycles. The maximum atomic E-state index is 10.8. The molecule has 0 atom stereocenters. The van der Waals surface area contributed by atoms with Crippen LogP contribution >= 0.6 is 0 Å². The number of anilines is 1. The van der Waals surface area contributed by atoms with Crippen LogP contribution < -0.4 is 11.1 Å². The van der Waals surface area contributed by atoms with Crippen molar-refractivity contribution in [2.24, 2.45) is 5.73 Å². The zero-order valence-electron chi connectivity index (χ0n) is 9.29. The van der Waals surface area contributed by atoms with Gasteiger partial charge in [0.1, 0.15) is 18.6 Å². The standard InChI is InChI=1S/C10H11N3O5/c11-10(15)18-4-3-12-8-2-1-7(6-14)5-9(8)13(16)17/h1-2,5-6,12H,3-4H2,(H2,11,15). The summed E-state index contributed by atoms with van der Waals surface area (Å²) in [5, 5.41) is 13.5. The van der Waals surface area contributed by atoms with Crippen LogP contribution in [0.4, 0.5) is 16.2 Å². The Labute approximate surface area is 102 Å². The third-order valence-electron chi connectivity index (χ3n) is 2.02. The second-order valence-electron chi connectivity index (χ2n) is 3.25. The van der Waals surface area contributed by atoms with Gasteiger partial charge in [-0.1, -0.05) is 0 Å². The summed E-state index contributed by atoms with van der Waals surface area (Å²) in [5.41, 5.74) is 4.97. The number of hydrogen-bond donors (Lipinski definition) is 2. The lowest BCUT2D eigenvalue weighted by Gasteiger charge is -2.07. The van der Waals surface area contributed by atoms with E-state index in [0.29, 0.717) is 6.29 Å². The molecule has 1 aromatic carbocycles. The molecule has 0 aliphatic carbocycles. The fraction of sp³-hybridized carbons (Fsp3) is 0.200. The van der Waals surface area contributed by atoms with Crippen molar-refractivity contribution in [1.29, 1.82) is 0 Å². The number of nitrogens with two attached hydrogens (primary N) is 1. The highest BCUT2D eigenvalue weighted by Gasteiger charge is 2.14. The Balaban J connectivity index is 2.72. The Morgan fingerprint density at radius 1 is 1.56 bits per heavy atom. The van der Waals surface area contributed by atoms with Gasteiger partial charge in [-0.25, -0.2) is 4.79 Å². The van der Waals surface area contributed by atoms with Gasteiger partial charge in [-0.15, -0.1) is 0 Å². The molecule has 18 heavy (non-hydrogen) atoms. The van der Waals surface area contributed by atoms with Crippen molar-refractivity contribution in [2.45, 2.75) is 0 Å². The maximum absolute atomic E-state index is 10.8. The highest BCUT2D eigenvalue weighted by atomic mass is 16.6. The topological polar surface area (TPSA) is 125 Å². The Morgan fingerprint density at radius 3 is 2.83 bits per heavy atom. The fourth-order valence-corrected chi connectivity index (χ4v) is 1.26. The lowest BCUT2D eigenvalue weighted by molar-refractivity contribution is -0.384. The van der Waals surface area contributed by atoms with E-state index in [1.807, 2.05) is 0 Å². The zero-order chi connectivity index (χ0) is 13.5. The quantitative estimate of drug-likeness (QED) is 0.336. The summed E-state index contributed by atoms with van der Waals surface area (Å²) in [6.45, 7) is 0.159. The maximum Gasteiger partial charge on any atom is 0.404 e. The number of ether oxygens (including phenoxy) is 1. The van der Waals surface area contributed by atoms with Gasteiger partial charge in [0.25, 0.3) is 5.69 Å². The lowest BCUT2D eigenvalue weighted by Crippen LogP contribution is -2.18. The second-order valence-corrected chi connectivity index (χ2v) is 3.25. The number of nitrogens with one attached hydrogen (secondary N) is 1. The molecule has 3 N–H and O–H groups in total. The highest BCUT2D eigenvalue weighted by molar-refractivity contribution is 5.79. The molecule has 0 saturated carbocycles. The summed E-state index contributed by atoms with van der Waals surface area (Å²) in [7, 11) is 0. The van der Waals surface area contributed by atoms with Crippen LogP contribution in [0.15, 0.2) is 18.2 Å². The molecular weight excluding hydrogens is 242 g/mol. The number of nitro groups is 1. The van der Waals surface area contributed by atoms with Crippen molar-refractivity contribution in [1.82, 2.24) is 0 Å². The van der Waals surface area contributed by atoms with Crippen LogP contribution in [0.2, 0.25) is 0 Å². The Bertz CT molecular complexity index is 475. The molecule has 0 saturated heterocycles. The molecule has 96 valence electrons. The minimum atomic E-state index is -0.914. The van der Waals surface area contributed by atoms with E-state index in [1.54, 1.807) is 0 Å². The van der Waals surface area contributed by atoms with E-state index in [-0.39, 0.29) is 30.1 Å². The molecule has 1 aromatic rings. The van der Waals surface area contributed by atoms with Gasteiger partial charge in [-0.05, 0) is 12.1 Å². The normalized spacial score (nSPS) is 9.56. The van der Waals surface area contributed by atoms with Gasteiger partial charge in [0, 0.05) is 18.2 Å². The number of nitro benzene ring substituents is 1. The van der Waals surface area contributed by atoms with E-state index in [2.05, 4.69) is 10.1 Å². The summed E-state index contributed by atoms with van der Waals surface area (Å²) in [4.78, 5) is 31.0. The molecule has 1 rings (SSSR count). The van der Waals surface area contributed by atoms with E-state index in [1.165, 1.54) is 12.1 Å². The second kappa shape index (κ2) is 6.18. The average Bonchev–Trinajstić information content (AvgIpc) is 2.34. The minimum absolute atomic E-state index is 0.0120. The first kappa shape index (κ1) is 13.4. The van der Waals surface area contributed by atoms with Crippen LogP contribution in [0.3, 0.4) is 0 Å². The van der Waals surface area contributed by atoms with Crippen LogP contribution in [0.25, 0.3) is 0 Å². The molecule has 8 nitrogen and oxygen atoms in total. The number of carbonyl (C=O) groups is 2. The molecule has 0 radical (unpaired) electrons. The van der Waals surface area contributed by atoms with E-state index in [4.69, 9.17) is 5.73 Å². The largest absolute Gasteiger partial charge is 0.448 e. The van der Waals surface area contributed by atoms with E-state index >= 15 is 0 Å². The van der Waals surface area contributed by atoms with Gasteiger partial charge in [0.05, 0.1) is 4.92 Å². The molecule has 0 unspecified atom stereocenters.